The van der Waals surface area contributed by atoms with E-state index in [1.165, 1.54) is 0 Å². The summed E-state index contributed by atoms with van der Waals surface area (Å²) in [6.45, 7) is 0. The summed E-state index contributed by atoms with van der Waals surface area (Å²) in [6.07, 6.45) is 3.66. The zero-order chi connectivity index (χ0) is 16.2. The minimum Gasteiger partial charge on any atom is -0.493 e. The molecule has 5 nitrogen and oxygen atoms in total. The first-order valence-electron chi connectivity index (χ1n) is 7.09. The van der Waals surface area contributed by atoms with Gasteiger partial charge in [0.15, 0.2) is 17.1 Å². The fraction of sp³-hybridized carbons (Fsp3) is 0.167. The Kier molecular flexibility index (Phi) is 4.19. The third-order valence-electron chi connectivity index (χ3n) is 3.45. The van der Waals surface area contributed by atoms with Gasteiger partial charge in [-0.15, -0.1) is 0 Å². The van der Waals surface area contributed by atoms with E-state index in [1.807, 2.05) is 42.5 Å². The molecule has 0 saturated carbocycles. The van der Waals surface area contributed by atoms with E-state index in [2.05, 4.69) is 4.98 Å². The lowest BCUT2D eigenvalue weighted by Crippen LogP contribution is -1.96. The van der Waals surface area contributed by atoms with Gasteiger partial charge in [0.1, 0.15) is 5.52 Å². The van der Waals surface area contributed by atoms with E-state index in [1.54, 1.807) is 27.4 Å². The number of para-hydroxylation sites is 2. The van der Waals surface area contributed by atoms with Crippen molar-refractivity contribution in [1.29, 1.82) is 0 Å². The fourth-order valence-electron chi connectivity index (χ4n) is 2.38. The van der Waals surface area contributed by atoms with Gasteiger partial charge >= 0.3 is 0 Å². The maximum absolute atomic E-state index is 5.67. The van der Waals surface area contributed by atoms with Crippen LogP contribution in [-0.4, -0.2) is 26.3 Å². The molecule has 5 heteroatoms. The highest BCUT2D eigenvalue weighted by Crippen LogP contribution is 2.40. The van der Waals surface area contributed by atoms with Crippen LogP contribution < -0.4 is 14.2 Å². The highest BCUT2D eigenvalue weighted by Gasteiger charge is 2.14. The summed E-state index contributed by atoms with van der Waals surface area (Å²) in [4.78, 5) is 4.41. The van der Waals surface area contributed by atoms with Gasteiger partial charge in [-0.3, -0.25) is 0 Å². The van der Waals surface area contributed by atoms with Gasteiger partial charge in [-0.25, -0.2) is 4.98 Å². The summed E-state index contributed by atoms with van der Waals surface area (Å²) in [5, 5.41) is 0. The maximum Gasteiger partial charge on any atom is 0.220 e. The summed E-state index contributed by atoms with van der Waals surface area (Å²) < 4.78 is 21.8. The van der Waals surface area contributed by atoms with Crippen molar-refractivity contribution >= 4 is 23.3 Å². The van der Waals surface area contributed by atoms with E-state index >= 15 is 0 Å². The molecular weight excluding hydrogens is 294 g/mol. The third-order valence-corrected chi connectivity index (χ3v) is 3.45. The molecule has 0 spiro atoms. The summed E-state index contributed by atoms with van der Waals surface area (Å²) in [5.74, 6) is 2.29. The van der Waals surface area contributed by atoms with Crippen LogP contribution in [-0.2, 0) is 0 Å². The third kappa shape index (κ3) is 2.85. The van der Waals surface area contributed by atoms with E-state index in [9.17, 15) is 0 Å². The second kappa shape index (κ2) is 6.44. The molecule has 0 amide bonds. The zero-order valence-corrected chi connectivity index (χ0v) is 13.2. The van der Waals surface area contributed by atoms with Gasteiger partial charge in [0, 0.05) is 11.6 Å². The standard InChI is InChI=1S/C18H17NO4/c1-20-15-10-8-12(17(21-2)18(15)22-3)9-11-16-19-13-6-4-5-7-14(13)23-16/h4-11H,1-3H3/b11-9+. The highest BCUT2D eigenvalue weighted by molar-refractivity contribution is 5.78. The molecule has 3 rings (SSSR count). The quantitative estimate of drug-likeness (QED) is 0.712. The fourth-order valence-corrected chi connectivity index (χ4v) is 2.38. The molecule has 0 radical (unpaired) electrons. The Hall–Kier alpha value is -2.95. The molecule has 0 N–H and O–H groups in total. The number of hydrogen-bond acceptors (Lipinski definition) is 5. The number of oxazole rings is 1. The normalized spacial score (nSPS) is 11.1. The van der Waals surface area contributed by atoms with Gasteiger partial charge in [-0.05, 0) is 30.3 Å². The number of benzene rings is 2. The van der Waals surface area contributed by atoms with Crippen molar-refractivity contribution in [2.24, 2.45) is 0 Å². The lowest BCUT2D eigenvalue weighted by atomic mass is 10.1. The zero-order valence-electron chi connectivity index (χ0n) is 13.2. The lowest BCUT2D eigenvalue weighted by molar-refractivity contribution is 0.324. The van der Waals surface area contributed by atoms with E-state index in [4.69, 9.17) is 18.6 Å². The van der Waals surface area contributed by atoms with Crippen LogP contribution in [0.5, 0.6) is 17.2 Å². The molecule has 1 aromatic heterocycles. The summed E-state index contributed by atoms with van der Waals surface area (Å²) in [6, 6.07) is 11.4. The van der Waals surface area contributed by atoms with Gasteiger partial charge < -0.3 is 18.6 Å². The minimum absolute atomic E-state index is 0.531. The summed E-state index contributed by atoms with van der Waals surface area (Å²) >= 11 is 0. The minimum atomic E-state index is 0.531. The van der Waals surface area contributed by atoms with E-state index in [-0.39, 0.29) is 0 Å². The van der Waals surface area contributed by atoms with Crippen LogP contribution in [0.3, 0.4) is 0 Å². The van der Waals surface area contributed by atoms with Crippen LogP contribution in [0.1, 0.15) is 11.5 Å². The molecule has 3 aromatic rings. The first-order valence-corrected chi connectivity index (χ1v) is 7.09. The van der Waals surface area contributed by atoms with Gasteiger partial charge in [0.2, 0.25) is 11.6 Å². The number of rotatable bonds is 5. The van der Waals surface area contributed by atoms with E-state index in [0.29, 0.717) is 23.1 Å². The number of ether oxygens (including phenoxy) is 3. The molecule has 0 aliphatic carbocycles. The van der Waals surface area contributed by atoms with Crippen LogP contribution in [0.2, 0.25) is 0 Å². The smallest absolute Gasteiger partial charge is 0.220 e. The number of fused-ring (bicyclic) bond motifs is 1. The second-order valence-corrected chi connectivity index (χ2v) is 4.78. The first-order chi connectivity index (χ1) is 11.3. The Bertz CT molecular complexity index is 818. The van der Waals surface area contributed by atoms with Crippen molar-refractivity contribution in [1.82, 2.24) is 4.98 Å². The van der Waals surface area contributed by atoms with Crippen molar-refractivity contribution in [3.05, 3.63) is 47.9 Å². The first kappa shape index (κ1) is 15.0. The Morgan fingerprint density at radius 2 is 1.65 bits per heavy atom. The number of aromatic nitrogens is 1. The van der Waals surface area contributed by atoms with Crippen LogP contribution in [0.4, 0.5) is 0 Å². The van der Waals surface area contributed by atoms with Gasteiger partial charge in [-0.1, -0.05) is 12.1 Å². The van der Waals surface area contributed by atoms with E-state index < -0.39 is 0 Å². The molecule has 23 heavy (non-hydrogen) atoms. The van der Waals surface area contributed by atoms with Crippen molar-refractivity contribution in [3.8, 4) is 17.2 Å². The molecule has 118 valence electrons. The van der Waals surface area contributed by atoms with Crippen molar-refractivity contribution in [2.45, 2.75) is 0 Å². The van der Waals surface area contributed by atoms with Gasteiger partial charge in [-0.2, -0.15) is 0 Å². The molecule has 0 saturated heterocycles. The topological polar surface area (TPSA) is 53.7 Å². The van der Waals surface area contributed by atoms with Crippen LogP contribution in [0.25, 0.3) is 23.3 Å². The van der Waals surface area contributed by atoms with Crippen molar-refractivity contribution in [3.63, 3.8) is 0 Å². The molecule has 0 bridgehead atoms. The van der Waals surface area contributed by atoms with Crippen molar-refractivity contribution in [2.75, 3.05) is 21.3 Å². The molecular formula is C18H17NO4. The average Bonchev–Trinajstić information content (AvgIpc) is 3.01. The van der Waals surface area contributed by atoms with Gasteiger partial charge in [0.05, 0.1) is 21.3 Å². The molecule has 1 heterocycles. The molecule has 0 aliphatic heterocycles. The van der Waals surface area contributed by atoms with Crippen LogP contribution in [0, 0.1) is 0 Å². The Labute approximate surface area is 134 Å². The van der Waals surface area contributed by atoms with Crippen molar-refractivity contribution < 1.29 is 18.6 Å². The monoisotopic (exact) mass is 311 g/mol. The molecule has 0 unspecified atom stereocenters. The molecule has 0 aliphatic rings. The SMILES string of the molecule is COc1ccc(/C=C/c2nc3ccccc3o2)c(OC)c1OC. The Balaban J connectivity index is 1.98. The largest absolute Gasteiger partial charge is 0.493 e. The summed E-state index contributed by atoms with van der Waals surface area (Å²) in [7, 11) is 4.76. The predicted octanol–water partition coefficient (Wildman–Crippen LogP) is 4.02. The second-order valence-electron chi connectivity index (χ2n) is 4.78. The molecule has 2 aromatic carbocycles. The predicted molar refractivity (Wildman–Crippen MR) is 89.0 cm³/mol. The number of methoxy groups -OCH3 is 3. The maximum atomic E-state index is 5.67. The number of nitrogens with zero attached hydrogens (tertiary/aromatic N) is 1. The Morgan fingerprint density at radius 1 is 0.870 bits per heavy atom. The van der Waals surface area contributed by atoms with Crippen LogP contribution in [0.15, 0.2) is 40.8 Å². The number of hydrogen-bond donors (Lipinski definition) is 0. The van der Waals surface area contributed by atoms with Crippen LogP contribution >= 0.6 is 0 Å². The lowest BCUT2D eigenvalue weighted by Gasteiger charge is -2.13. The molecule has 0 atom stereocenters. The van der Waals surface area contributed by atoms with Gasteiger partial charge in [0.25, 0.3) is 0 Å². The molecule has 0 fully saturated rings. The average molecular weight is 311 g/mol. The summed E-state index contributed by atoms with van der Waals surface area (Å²) in [5.41, 5.74) is 2.42. The Morgan fingerprint density at radius 3 is 2.35 bits per heavy atom. The van der Waals surface area contributed by atoms with E-state index in [0.717, 1.165) is 16.7 Å². The highest BCUT2D eigenvalue weighted by atomic mass is 16.5.